The van der Waals surface area contributed by atoms with Crippen LogP contribution in [0.4, 0.5) is 4.39 Å². The molecule has 0 saturated heterocycles. The summed E-state index contributed by atoms with van der Waals surface area (Å²) in [6, 6.07) is 8.06. The molecule has 0 spiro atoms. The van der Waals surface area contributed by atoms with E-state index in [2.05, 4.69) is 5.10 Å². The maximum Gasteiger partial charge on any atom is 0.151 e. The molecular weight excluding hydrogens is 229 g/mol. The second kappa shape index (κ2) is 3.95. The fourth-order valence-corrected chi connectivity index (χ4v) is 1.72. The summed E-state index contributed by atoms with van der Waals surface area (Å²) >= 11 is 5.95. The summed E-state index contributed by atoms with van der Waals surface area (Å²) in [5.41, 5.74) is 0.984. The van der Waals surface area contributed by atoms with Crippen LogP contribution >= 0.6 is 11.6 Å². The summed E-state index contributed by atoms with van der Waals surface area (Å²) in [5, 5.41) is 13.0. The number of aryl methyl sites for hydroxylation is 1. The first-order chi connectivity index (χ1) is 7.65. The monoisotopic (exact) mass is 235 g/mol. The highest BCUT2D eigenvalue weighted by atomic mass is 35.5. The van der Waals surface area contributed by atoms with Crippen molar-refractivity contribution in [3.8, 4) is 11.8 Å². The van der Waals surface area contributed by atoms with Crippen LogP contribution in [0.1, 0.15) is 11.3 Å². The second-order valence-corrected chi connectivity index (χ2v) is 3.58. The standard InChI is InChI=1S/C11H7ClFN3/c1-7-8(6-14)11(12)16(15-7)10-5-3-2-4-9(10)13/h2-5H,1H3. The molecule has 3 nitrogen and oxygen atoms in total. The molecule has 0 fully saturated rings. The fourth-order valence-electron chi connectivity index (χ4n) is 1.41. The molecule has 1 heterocycles. The summed E-state index contributed by atoms with van der Waals surface area (Å²) in [6.45, 7) is 1.65. The smallest absolute Gasteiger partial charge is 0.151 e. The van der Waals surface area contributed by atoms with Crippen LogP contribution in [0.25, 0.3) is 5.69 Å². The highest BCUT2D eigenvalue weighted by molar-refractivity contribution is 6.31. The van der Waals surface area contributed by atoms with Gasteiger partial charge in [-0.2, -0.15) is 10.4 Å². The van der Waals surface area contributed by atoms with Crippen molar-refractivity contribution >= 4 is 11.6 Å². The van der Waals surface area contributed by atoms with Crippen molar-refractivity contribution in [2.24, 2.45) is 0 Å². The van der Waals surface area contributed by atoms with Crippen molar-refractivity contribution in [3.63, 3.8) is 0 Å². The average Bonchev–Trinajstić information content (AvgIpc) is 2.55. The molecule has 0 unspecified atom stereocenters. The van der Waals surface area contributed by atoms with Gasteiger partial charge in [0.2, 0.25) is 0 Å². The minimum Gasteiger partial charge on any atom is -0.218 e. The zero-order chi connectivity index (χ0) is 11.7. The van der Waals surface area contributed by atoms with Gasteiger partial charge in [0.15, 0.2) is 5.15 Å². The molecule has 0 bridgehead atoms. The Morgan fingerprint density at radius 2 is 2.12 bits per heavy atom. The number of hydrogen-bond acceptors (Lipinski definition) is 2. The molecule has 2 aromatic rings. The van der Waals surface area contributed by atoms with E-state index in [1.165, 1.54) is 10.7 Å². The van der Waals surface area contributed by atoms with Crippen LogP contribution in [0, 0.1) is 24.1 Å². The van der Waals surface area contributed by atoms with Gasteiger partial charge in [-0.3, -0.25) is 0 Å². The van der Waals surface area contributed by atoms with Gasteiger partial charge in [-0.25, -0.2) is 9.07 Å². The molecule has 1 aromatic carbocycles. The average molecular weight is 236 g/mol. The molecule has 16 heavy (non-hydrogen) atoms. The molecule has 0 saturated carbocycles. The summed E-state index contributed by atoms with van der Waals surface area (Å²) in [5.74, 6) is -0.434. The molecule has 5 heteroatoms. The Kier molecular flexibility index (Phi) is 2.63. The Hall–Kier alpha value is -1.86. The second-order valence-electron chi connectivity index (χ2n) is 3.23. The number of rotatable bonds is 1. The first-order valence-corrected chi connectivity index (χ1v) is 4.93. The van der Waals surface area contributed by atoms with Crippen molar-refractivity contribution in [1.29, 1.82) is 5.26 Å². The van der Waals surface area contributed by atoms with E-state index in [-0.39, 0.29) is 16.4 Å². The highest BCUT2D eigenvalue weighted by Crippen LogP contribution is 2.23. The Morgan fingerprint density at radius 3 is 2.69 bits per heavy atom. The molecular formula is C11H7ClFN3. The van der Waals surface area contributed by atoms with Crippen molar-refractivity contribution < 1.29 is 4.39 Å². The van der Waals surface area contributed by atoms with Gasteiger partial charge >= 0.3 is 0 Å². The lowest BCUT2D eigenvalue weighted by Gasteiger charge is -2.03. The van der Waals surface area contributed by atoms with E-state index in [4.69, 9.17) is 16.9 Å². The molecule has 0 atom stereocenters. The Bertz CT molecular complexity index is 583. The van der Waals surface area contributed by atoms with E-state index in [0.717, 1.165) is 0 Å². The lowest BCUT2D eigenvalue weighted by molar-refractivity contribution is 0.610. The molecule has 0 radical (unpaired) electrons. The predicted octanol–water partition coefficient (Wildman–Crippen LogP) is 2.84. The van der Waals surface area contributed by atoms with Gasteiger partial charge in [0.25, 0.3) is 0 Å². The quantitative estimate of drug-likeness (QED) is 0.763. The number of halogens is 2. The maximum atomic E-state index is 13.5. The minimum atomic E-state index is -0.434. The van der Waals surface area contributed by atoms with Crippen LogP contribution in [0.2, 0.25) is 5.15 Å². The van der Waals surface area contributed by atoms with E-state index < -0.39 is 5.82 Å². The predicted molar refractivity (Wildman–Crippen MR) is 58.0 cm³/mol. The number of para-hydroxylation sites is 1. The fraction of sp³-hybridized carbons (Fsp3) is 0.0909. The van der Waals surface area contributed by atoms with Crippen LogP contribution in [0.15, 0.2) is 24.3 Å². The first-order valence-electron chi connectivity index (χ1n) is 4.55. The van der Waals surface area contributed by atoms with Crippen molar-refractivity contribution in [1.82, 2.24) is 9.78 Å². The first kappa shape index (κ1) is 10.7. The molecule has 0 aliphatic carbocycles. The molecule has 0 amide bonds. The van der Waals surface area contributed by atoms with E-state index >= 15 is 0 Å². The van der Waals surface area contributed by atoms with Crippen molar-refractivity contribution in [2.45, 2.75) is 6.92 Å². The van der Waals surface area contributed by atoms with Crippen LogP contribution in [0.5, 0.6) is 0 Å². The summed E-state index contributed by atoms with van der Waals surface area (Å²) < 4.78 is 14.7. The minimum absolute atomic E-state index is 0.130. The Morgan fingerprint density at radius 1 is 1.44 bits per heavy atom. The summed E-state index contributed by atoms with van der Waals surface area (Å²) in [6.07, 6.45) is 0. The maximum absolute atomic E-state index is 13.5. The normalized spacial score (nSPS) is 10.1. The third-order valence-corrected chi connectivity index (χ3v) is 2.55. The van der Waals surface area contributed by atoms with Crippen molar-refractivity contribution in [3.05, 3.63) is 46.5 Å². The molecule has 0 aliphatic heterocycles. The summed E-state index contributed by atoms with van der Waals surface area (Å²) in [4.78, 5) is 0. The van der Waals surface area contributed by atoms with Gasteiger partial charge in [-0.1, -0.05) is 23.7 Å². The molecule has 2 rings (SSSR count). The van der Waals surface area contributed by atoms with Gasteiger partial charge in [-0.05, 0) is 19.1 Å². The van der Waals surface area contributed by atoms with Gasteiger partial charge in [-0.15, -0.1) is 0 Å². The Labute approximate surface area is 96.7 Å². The number of aromatic nitrogens is 2. The van der Waals surface area contributed by atoms with Crippen LogP contribution < -0.4 is 0 Å². The van der Waals surface area contributed by atoms with E-state index in [1.54, 1.807) is 25.1 Å². The van der Waals surface area contributed by atoms with Gasteiger partial charge in [0.1, 0.15) is 23.1 Å². The van der Waals surface area contributed by atoms with E-state index in [0.29, 0.717) is 5.69 Å². The van der Waals surface area contributed by atoms with Crippen molar-refractivity contribution in [2.75, 3.05) is 0 Å². The SMILES string of the molecule is Cc1nn(-c2ccccc2F)c(Cl)c1C#N. The molecule has 0 aliphatic rings. The van der Waals surface area contributed by atoms with Gasteiger partial charge in [0, 0.05) is 0 Å². The zero-order valence-corrected chi connectivity index (χ0v) is 9.16. The van der Waals surface area contributed by atoms with Crippen LogP contribution in [0.3, 0.4) is 0 Å². The lowest BCUT2D eigenvalue weighted by Crippen LogP contribution is -1.99. The third-order valence-electron chi connectivity index (χ3n) is 2.20. The van der Waals surface area contributed by atoms with E-state index in [9.17, 15) is 4.39 Å². The number of nitrogens with zero attached hydrogens (tertiary/aromatic N) is 3. The number of hydrogen-bond donors (Lipinski definition) is 0. The molecule has 1 aromatic heterocycles. The summed E-state index contributed by atoms with van der Waals surface area (Å²) in [7, 11) is 0. The van der Waals surface area contributed by atoms with E-state index in [1.807, 2.05) is 6.07 Å². The lowest BCUT2D eigenvalue weighted by atomic mass is 10.3. The van der Waals surface area contributed by atoms with Crippen LogP contribution in [-0.2, 0) is 0 Å². The van der Waals surface area contributed by atoms with Crippen LogP contribution in [-0.4, -0.2) is 9.78 Å². The molecule has 0 N–H and O–H groups in total. The zero-order valence-electron chi connectivity index (χ0n) is 8.41. The van der Waals surface area contributed by atoms with Gasteiger partial charge in [0.05, 0.1) is 5.69 Å². The highest BCUT2D eigenvalue weighted by Gasteiger charge is 2.15. The number of nitriles is 1. The largest absolute Gasteiger partial charge is 0.218 e. The molecule has 80 valence electrons. The van der Waals surface area contributed by atoms with Gasteiger partial charge < -0.3 is 0 Å². The Balaban J connectivity index is 2.68. The number of benzene rings is 1. The third kappa shape index (κ3) is 1.55. The topological polar surface area (TPSA) is 41.6 Å².